The number of aryl methyl sites for hydroxylation is 1. The van der Waals surface area contributed by atoms with Crippen molar-refractivity contribution in [1.29, 1.82) is 0 Å². The minimum absolute atomic E-state index is 0.0448. The van der Waals surface area contributed by atoms with Gasteiger partial charge in [-0.2, -0.15) is 0 Å². The van der Waals surface area contributed by atoms with Crippen LogP contribution < -0.4 is 10.2 Å². The van der Waals surface area contributed by atoms with E-state index in [1.54, 1.807) is 6.07 Å². The number of hydrogen-bond acceptors (Lipinski definition) is 4. The number of rotatable bonds is 5. The van der Waals surface area contributed by atoms with Crippen molar-refractivity contribution in [2.24, 2.45) is 4.99 Å². The third-order valence-electron chi connectivity index (χ3n) is 3.88. The van der Waals surface area contributed by atoms with E-state index in [0.717, 1.165) is 38.4 Å². The fraction of sp³-hybridized carbons (Fsp3) is 0.556. The first-order chi connectivity index (χ1) is 11.6. The minimum atomic E-state index is -0.189. The summed E-state index contributed by atoms with van der Waals surface area (Å²) in [7, 11) is 0. The Bertz CT molecular complexity index is 566. The van der Waals surface area contributed by atoms with E-state index in [9.17, 15) is 4.79 Å². The number of benzene rings is 1. The van der Waals surface area contributed by atoms with E-state index >= 15 is 0 Å². The molecule has 0 unspecified atom stereocenters. The number of morpholine rings is 1. The Morgan fingerprint density at radius 1 is 1.33 bits per heavy atom. The number of nitrogens with one attached hydrogen (secondary N) is 2. The van der Waals surface area contributed by atoms with E-state index in [4.69, 9.17) is 9.47 Å². The molecule has 1 fully saturated rings. The summed E-state index contributed by atoms with van der Waals surface area (Å²) in [4.78, 5) is 18.4. The van der Waals surface area contributed by atoms with Crippen LogP contribution in [0.25, 0.3) is 0 Å². The van der Waals surface area contributed by atoms with Gasteiger partial charge in [-0.3, -0.25) is 10.1 Å². The zero-order chi connectivity index (χ0) is 17.4. The number of quaternary nitrogens is 1. The van der Waals surface area contributed by atoms with Crippen LogP contribution in [0.3, 0.4) is 0 Å². The van der Waals surface area contributed by atoms with Crippen LogP contribution in [-0.2, 0) is 9.47 Å². The van der Waals surface area contributed by atoms with Crippen molar-refractivity contribution in [3.63, 3.8) is 0 Å². The second-order valence-corrected chi connectivity index (χ2v) is 6.23. The molecular formula is C18H28N3O3+. The monoisotopic (exact) mass is 334 g/mol. The van der Waals surface area contributed by atoms with Crippen molar-refractivity contribution in [3.8, 4) is 0 Å². The smallest absolute Gasteiger partial charge is 0.292 e. The highest BCUT2D eigenvalue weighted by Crippen LogP contribution is 2.06. The van der Waals surface area contributed by atoms with Gasteiger partial charge in [0.15, 0.2) is 0 Å². The summed E-state index contributed by atoms with van der Waals surface area (Å²) in [6.45, 7) is 10.9. The molecule has 6 heteroatoms. The highest BCUT2D eigenvalue weighted by molar-refractivity contribution is 6.04. The van der Waals surface area contributed by atoms with Gasteiger partial charge in [0.05, 0.1) is 32.4 Å². The molecule has 1 aliphatic heterocycles. The first-order valence-electron chi connectivity index (χ1n) is 8.55. The SMILES string of the molecule is Cc1ccccc1C(=O)NC(=NCC[NH+]1CCOCC1)OC(C)C. The summed E-state index contributed by atoms with van der Waals surface area (Å²) < 4.78 is 11.0. The summed E-state index contributed by atoms with van der Waals surface area (Å²) in [6, 6.07) is 7.78. The van der Waals surface area contributed by atoms with Crippen LogP contribution in [0.5, 0.6) is 0 Å². The Morgan fingerprint density at radius 2 is 2.04 bits per heavy atom. The number of amidine groups is 1. The van der Waals surface area contributed by atoms with Crippen molar-refractivity contribution >= 4 is 11.9 Å². The third-order valence-corrected chi connectivity index (χ3v) is 3.88. The van der Waals surface area contributed by atoms with Crippen molar-refractivity contribution in [3.05, 3.63) is 35.4 Å². The predicted octanol–water partition coefficient (Wildman–Crippen LogP) is 0.421. The number of carbonyl (C=O) groups excluding carboxylic acids is 1. The molecule has 0 saturated carbocycles. The van der Waals surface area contributed by atoms with Gasteiger partial charge in [0.1, 0.15) is 13.1 Å². The Morgan fingerprint density at radius 3 is 2.71 bits per heavy atom. The van der Waals surface area contributed by atoms with Gasteiger partial charge in [-0.1, -0.05) is 18.2 Å². The maximum atomic E-state index is 12.4. The maximum absolute atomic E-state index is 12.4. The normalized spacial score (nSPS) is 16.2. The summed E-state index contributed by atoms with van der Waals surface area (Å²) in [5.74, 6) is -0.189. The van der Waals surface area contributed by atoms with Crippen LogP contribution in [0.4, 0.5) is 0 Å². The van der Waals surface area contributed by atoms with Gasteiger partial charge in [0.25, 0.3) is 11.9 Å². The second kappa shape index (κ2) is 9.39. The average molecular weight is 334 g/mol. The predicted molar refractivity (Wildman–Crippen MR) is 93.6 cm³/mol. The van der Waals surface area contributed by atoms with Crippen LogP contribution >= 0.6 is 0 Å². The fourth-order valence-electron chi connectivity index (χ4n) is 2.55. The van der Waals surface area contributed by atoms with E-state index < -0.39 is 0 Å². The highest BCUT2D eigenvalue weighted by atomic mass is 16.5. The summed E-state index contributed by atoms with van der Waals surface area (Å²) in [5.41, 5.74) is 1.56. The van der Waals surface area contributed by atoms with Gasteiger partial charge < -0.3 is 14.4 Å². The number of hydrogen-bond donors (Lipinski definition) is 2. The van der Waals surface area contributed by atoms with E-state index in [0.29, 0.717) is 18.1 Å². The fourth-order valence-corrected chi connectivity index (χ4v) is 2.55. The second-order valence-electron chi connectivity index (χ2n) is 6.23. The maximum Gasteiger partial charge on any atom is 0.292 e. The van der Waals surface area contributed by atoms with Gasteiger partial charge in [-0.15, -0.1) is 0 Å². The third kappa shape index (κ3) is 5.94. The van der Waals surface area contributed by atoms with Crippen LogP contribution in [-0.4, -0.2) is 57.4 Å². The molecule has 0 aliphatic carbocycles. The lowest BCUT2D eigenvalue weighted by Gasteiger charge is -2.23. The number of ether oxygens (including phenoxy) is 2. The van der Waals surface area contributed by atoms with Gasteiger partial charge in [-0.05, 0) is 32.4 Å². The van der Waals surface area contributed by atoms with Gasteiger partial charge in [0.2, 0.25) is 0 Å². The number of nitrogens with zero attached hydrogens (tertiary/aromatic N) is 1. The quantitative estimate of drug-likeness (QED) is 0.606. The zero-order valence-corrected chi connectivity index (χ0v) is 14.8. The molecule has 24 heavy (non-hydrogen) atoms. The Hall–Kier alpha value is -1.92. The largest absolute Gasteiger partial charge is 0.462 e. The summed E-state index contributed by atoms with van der Waals surface area (Å²) in [5, 5.41) is 2.80. The molecule has 2 rings (SSSR count). The zero-order valence-electron chi connectivity index (χ0n) is 14.8. The molecular weight excluding hydrogens is 306 g/mol. The topological polar surface area (TPSA) is 64.4 Å². The molecule has 132 valence electrons. The molecule has 1 aromatic rings. The van der Waals surface area contributed by atoms with E-state index in [1.165, 1.54) is 4.90 Å². The molecule has 6 nitrogen and oxygen atoms in total. The molecule has 0 aromatic heterocycles. The molecule has 0 atom stereocenters. The highest BCUT2D eigenvalue weighted by Gasteiger charge is 2.15. The van der Waals surface area contributed by atoms with Crippen molar-refractivity contribution in [2.75, 3.05) is 39.4 Å². The minimum Gasteiger partial charge on any atom is -0.462 e. The van der Waals surface area contributed by atoms with Crippen LogP contribution in [0.2, 0.25) is 0 Å². The number of aliphatic imine (C=N–C) groups is 1. The van der Waals surface area contributed by atoms with Gasteiger partial charge >= 0.3 is 0 Å². The molecule has 1 aromatic carbocycles. The van der Waals surface area contributed by atoms with Gasteiger partial charge in [-0.25, -0.2) is 4.99 Å². The molecule has 1 heterocycles. The Labute approximate surface area is 143 Å². The number of carbonyl (C=O) groups is 1. The van der Waals surface area contributed by atoms with Crippen LogP contribution in [0, 0.1) is 6.92 Å². The lowest BCUT2D eigenvalue weighted by Crippen LogP contribution is -3.14. The van der Waals surface area contributed by atoms with Crippen molar-refractivity contribution < 1.29 is 19.2 Å². The van der Waals surface area contributed by atoms with Crippen LogP contribution in [0.1, 0.15) is 29.8 Å². The molecule has 1 amide bonds. The molecule has 0 radical (unpaired) electrons. The molecule has 1 aliphatic rings. The first-order valence-corrected chi connectivity index (χ1v) is 8.55. The first kappa shape index (κ1) is 18.4. The average Bonchev–Trinajstić information content (AvgIpc) is 2.55. The van der Waals surface area contributed by atoms with Gasteiger partial charge in [0, 0.05) is 5.56 Å². The van der Waals surface area contributed by atoms with Crippen molar-refractivity contribution in [2.45, 2.75) is 26.9 Å². The summed E-state index contributed by atoms with van der Waals surface area (Å²) >= 11 is 0. The van der Waals surface area contributed by atoms with Crippen molar-refractivity contribution in [1.82, 2.24) is 5.32 Å². The summed E-state index contributed by atoms with van der Waals surface area (Å²) in [6.07, 6.45) is -0.0448. The number of amides is 1. The molecule has 0 bridgehead atoms. The van der Waals surface area contributed by atoms with E-state index in [-0.39, 0.29) is 12.0 Å². The standard InChI is InChI=1S/C18H27N3O3/c1-14(2)24-18(19-8-9-21-10-12-23-13-11-21)20-17(22)16-7-5-4-6-15(16)3/h4-7,14H,8-13H2,1-3H3,(H,19,20,22)/p+1. The molecule has 2 N–H and O–H groups in total. The van der Waals surface area contributed by atoms with E-state index in [1.807, 2.05) is 39.0 Å². The Balaban J connectivity index is 1.95. The van der Waals surface area contributed by atoms with Crippen LogP contribution in [0.15, 0.2) is 29.3 Å². The molecule has 0 spiro atoms. The Kier molecular flexibility index (Phi) is 7.21. The van der Waals surface area contributed by atoms with E-state index in [2.05, 4.69) is 10.3 Å². The lowest BCUT2D eigenvalue weighted by atomic mass is 10.1. The molecule has 1 saturated heterocycles. The lowest BCUT2D eigenvalue weighted by molar-refractivity contribution is -0.906.